The molecule has 12 heavy (non-hydrogen) atoms. The molecular weight excluding hydrogens is 184 g/mol. The lowest BCUT2D eigenvalue weighted by atomic mass is 10.0. The Balaban J connectivity index is 3.38. The van der Waals surface area contributed by atoms with E-state index in [2.05, 4.69) is 26.5 Å². The summed E-state index contributed by atoms with van der Waals surface area (Å²) >= 11 is 9.29. The molecule has 0 amide bonds. The number of thiol groups is 1. The van der Waals surface area contributed by atoms with Gasteiger partial charge in [0, 0.05) is 4.20 Å². The van der Waals surface area contributed by atoms with Gasteiger partial charge in [-0.3, -0.25) is 0 Å². The molecule has 0 heterocycles. The molecule has 0 radical (unpaired) electrons. The summed E-state index contributed by atoms with van der Waals surface area (Å²) in [6.45, 7) is 4.42. The van der Waals surface area contributed by atoms with Crippen molar-refractivity contribution in [3.63, 3.8) is 0 Å². The van der Waals surface area contributed by atoms with Crippen LogP contribution in [0.2, 0.25) is 0 Å². The van der Waals surface area contributed by atoms with Crippen LogP contribution >= 0.6 is 24.8 Å². The van der Waals surface area contributed by atoms with Crippen LogP contribution in [-0.2, 0) is 0 Å². The predicted molar refractivity (Wildman–Crippen MR) is 64.1 cm³/mol. The van der Waals surface area contributed by atoms with E-state index in [0.29, 0.717) is 5.92 Å². The maximum Gasteiger partial charge on any atom is 0.0478 e. The third kappa shape index (κ3) is 6.01. The number of unbranched alkanes of at least 4 members (excludes halogenated alkanes) is 3. The van der Waals surface area contributed by atoms with Crippen LogP contribution in [0.15, 0.2) is 0 Å². The normalized spacial score (nSPS) is 12.9. The van der Waals surface area contributed by atoms with Gasteiger partial charge in [-0.1, -0.05) is 51.7 Å². The van der Waals surface area contributed by atoms with Gasteiger partial charge >= 0.3 is 0 Å². The smallest absolute Gasteiger partial charge is 0.0478 e. The Morgan fingerprint density at radius 2 is 1.92 bits per heavy atom. The Morgan fingerprint density at radius 3 is 2.33 bits per heavy atom. The molecule has 0 nitrogen and oxygen atoms in total. The van der Waals surface area contributed by atoms with E-state index < -0.39 is 0 Å². The molecule has 72 valence electrons. The molecule has 0 N–H and O–H groups in total. The molecule has 2 heteroatoms. The SMILES string of the molecule is CCCCCCC(CC)C(=S)S. The van der Waals surface area contributed by atoms with Crippen molar-refractivity contribution in [1.82, 2.24) is 0 Å². The summed E-state index contributed by atoms with van der Waals surface area (Å²) in [6, 6.07) is 0. The van der Waals surface area contributed by atoms with E-state index in [4.69, 9.17) is 12.2 Å². The number of hydrogen-bond acceptors (Lipinski definition) is 1. The van der Waals surface area contributed by atoms with Crippen LogP contribution in [0.25, 0.3) is 0 Å². The summed E-state index contributed by atoms with van der Waals surface area (Å²) in [5.41, 5.74) is 0. The van der Waals surface area contributed by atoms with E-state index in [9.17, 15) is 0 Å². The molecule has 0 saturated carbocycles. The fraction of sp³-hybridized carbons (Fsp3) is 0.900. The van der Waals surface area contributed by atoms with Gasteiger partial charge in [0.15, 0.2) is 0 Å². The van der Waals surface area contributed by atoms with Gasteiger partial charge in [0.2, 0.25) is 0 Å². The summed E-state index contributed by atoms with van der Waals surface area (Å²) in [5, 5.41) is 0. The highest BCUT2D eigenvalue weighted by atomic mass is 32.1. The molecule has 0 saturated heterocycles. The maximum absolute atomic E-state index is 5.06. The molecule has 1 atom stereocenters. The van der Waals surface area contributed by atoms with E-state index in [1.165, 1.54) is 32.1 Å². The molecule has 0 aliphatic carbocycles. The van der Waals surface area contributed by atoms with Gasteiger partial charge in [-0.05, 0) is 18.8 Å². The predicted octanol–water partition coefficient (Wildman–Crippen LogP) is 4.24. The Hall–Kier alpha value is 0.440. The molecular formula is C10H20S2. The van der Waals surface area contributed by atoms with Crippen molar-refractivity contribution >= 4 is 29.0 Å². The van der Waals surface area contributed by atoms with E-state index in [1.807, 2.05) is 0 Å². The molecule has 0 fully saturated rings. The van der Waals surface area contributed by atoms with Crippen LogP contribution in [0.4, 0.5) is 0 Å². The van der Waals surface area contributed by atoms with Crippen molar-refractivity contribution in [1.29, 1.82) is 0 Å². The average molecular weight is 204 g/mol. The zero-order valence-corrected chi connectivity index (χ0v) is 9.89. The highest BCUT2D eigenvalue weighted by molar-refractivity contribution is 8.11. The van der Waals surface area contributed by atoms with Crippen LogP contribution in [0.3, 0.4) is 0 Å². The van der Waals surface area contributed by atoms with Crippen molar-refractivity contribution in [2.45, 2.75) is 52.4 Å². The molecule has 0 spiro atoms. The molecule has 0 aromatic heterocycles. The minimum absolute atomic E-state index is 0.570. The van der Waals surface area contributed by atoms with Crippen molar-refractivity contribution < 1.29 is 0 Å². The van der Waals surface area contributed by atoms with Crippen LogP contribution < -0.4 is 0 Å². The first-order valence-electron chi connectivity index (χ1n) is 4.95. The Labute approximate surface area is 87.5 Å². The van der Waals surface area contributed by atoms with Gasteiger partial charge in [-0.2, -0.15) is 0 Å². The first kappa shape index (κ1) is 12.4. The van der Waals surface area contributed by atoms with Gasteiger partial charge in [0.1, 0.15) is 0 Å². The van der Waals surface area contributed by atoms with Crippen LogP contribution in [-0.4, -0.2) is 4.20 Å². The largest absolute Gasteiger partial charge is 0.136 e. The number of rotatable bonds is 7. The summed E-state index contributed by atoms with van der Waals surface area (Å²) < 4.78 is 0.897. The van der Waals surface area contributed by atoms with E-state index in [-0.39, 0.29) is 0 Å². The van der Waals surface area contributed by atoms with Gasteiger partial charge in [0.05, 0.1) is 0 Å². The van der Waals surface area contributed by atoms with Crippen molar-refractivity contribution in [3.05, 3.63) is 0 Å². The summed E-state index contributed by atoms with van der Waals surface area (Å²) in [4.78, 5) is 0. The molecule has 1 unspecified atom stereocenters. The lowest BCUT2D eigenvalue weighted by molar-refractivity contribution is 0.548. The van der Waals surface area contributed by atoms with Crippen molar-refractivity contribution in [2.24, 2.45) is 5.92 Å². The average Bonchev–Trinajstić information content (AvgIpc) is 2.04. The van der Waals surface area contributed by atoms with Crippen LogP contribution in [0.5, 0.6) is 0 Å². The standard InChI is InChI=1S/C10H20S2/c1-3-5-6-7-8-9(4-2)10(11)12/h9H,3-8H2,1-2H3,(H,11,12). The first-order chi connectivity index (χ1) is 5.72. The summed E-state index contributed by atoms with van der Waals surface area (Å²) in [7, 11) is 0. The van der Waals surface area contributed by atoms with Crippen LogP contribution in [0.1, 0.15) is 52.4 Å². The van der Waals surface area contributed by atoms with Crippen molar-refractivity contribution in [3.8, 4) is 0 Å². The number of thiocarbonyl (C=S) groups is 1. The molecule has 0 aromatic carbocycles. The zero-order chi connectivity index (χ0) is 9.40. The Bertz CT molecular complexity index is 121. The maximum atomic E-state index is 5.06. The van der Waals surface area contributed by atoms with E-state index >= 15 is 0 Å². The molecule has 0 aliphatic heterocycles. The fourth-order valence-corrected chi connectivity index (χ4v) is 1.92. The Morgan fingerprint density at radius 1 is 1.25 bits per heavy atom. The van der Waals surface area contributed by atoms with E-state index in [0.717, 1.165) is 10.6 Å². The minimum atomic E-state index is 0.570. The fourth-order valence-electron chi connectivity index (χ4n) is 1.32. The van der Waals surface area contributed by atoms with Crippen molar-refractivity contribution in [2.75, 3.05) is 0 Å². The lowest BCUT2D eigenvalue weighted by Crippen LogP contribution is -2.05. The quantitative estimate of drug-likeness (QED) is 0.368. The highest BCUT2D eigenvalue weighted by Gasteiger charge is 2.07. The zero-order valence-electron chi connectivity index (χ0n) is 8.18. The minimum Gasteiger partial charge on any atom is -0.136 e. The molecule has 0 aliphatic rings. The summed E-state index contributed by atoms with van der Waals surface area (Å²) in [6.07, 6.45) is 7.71. The molecule has 0 aromatic rings. The first-order valence-corrected chi connectivity index (χ1v) is 5.80. The third-order valence-corrected chi connectivity index (χ3v) is 2.95. The van der Waals surface area contributed by atoms with Gasteiger partial charge in [0.25, 0.3) is 0 Å². The summed E-state index contributed by atoms with van der Waals surface area (Å²) in [5.74, 6) is 0.570. The van der Waals surface area contributed by atoms with Crippen LogP contribution in [0, 0.1) is 5.92 Å². The Kier molecular flexibility index (Phi) is 8.35. The van der Waals surface area contributed by atoms with Gasteiger partial charge in [-0.15, -0.1) is 12.6 Å². The second kappa shape index (κ2) is 8.06. The topological polar surface area (TPSA) is 0 Å². The third-order valence-electron chi connectivity index (χ3n) is 2.25. The monoisotopic (exact) mass is 204 g/mol. The molecule has 0 bridgehead atoms. The van der Waals surface area contributed by atoms with E-state index in [1.54, 1.807) is 0 Å². The second-order valence-corrected chi connectivity index (χ2v) is 4.52. The number of hydrogen-bond donors (Lipinski definition) is 1. The second-order valence-electron chi connectivity index (χ2n) is 3.29. The lowest BCUT2D eigenvalue weighted by Gasteiger charge is -2.11. The van der Waals surface area contributed by atoms with Gasteiger partial charge in [-0.25, -0.2) is 0 Å². The highest BCUT2D eigenvalue weighted by Crippen LogP contribution is 2.17. The van der Waals surface area contributed by atoms with Gasteiger partial charge < -0.3 is 0 Å². The molecule has 0 rings (SSSR count).